The van der Waals surface area contributed by atoms with Gasteiger partial charge in [0.1, 0.15) is 4.64 Å². The summed E-state index contributed by atoms with van der Waals surface area (Å²) in [5.74, 6) is 0.268. The number of nitrogens with zero attached hydrogens (tertiary/aromatic N) is 1. The van der Waals surface area contributed by atoms with Crippen LogP contribution in [0.4, 0.5) is 0 Å². The van der Waals surface area contributed by atoms with E-state index in [9.17, 15) is 0 Å². The van der Waals surface area contributed by atoms with Crippen LogP contribution in [0.3, 0.4) is 0 Å². The van der Waals surface area contributed by atoms with Crippen molar-refractivity contribution in [3.63, 3.8) is 0 Å². The van der Waals surface area contributed by atoms with Crippen LogP contribution in [0.15, 0.2) is 24.5 Å². The van der Waals surface area contributed by atoms with Gasteiger partial charge in [-0.25, -0.2) is 4.98 Å². The molecule has 1 aromatic carbocycles. The van der Waals surface area contributed by atoms with Gasteiger partial charge >= 0.3 is 0 Å². The van der Waals surface area contributed by atoms with E-state index in [1.807, 2.05) is 12.1 Å². The Morgan fingerprint density at radius 1 is 1.28 bits per heavy atom. The monoisotopic (exact) mass is 298 g/mol. The Morgan fingerprint density at radius 3 is 2.61 bits per heavy atom. The molecule has 0 saturated heterocycles. The predicted molar refractivity (Wildman–Crippen MR) is 79.0 cm³/mol. The Balaban J connectivity index is 2.71. The molecule has 94 valence electrons. The average Bonchev–Trinajstić information content (AvgIpc) is 2.28. The molecule has 0 spiro atoms. The minimum atomic E-state index is 0.268. The third-order valence-corrected chi connectivity index (χ3v) is 3.54. The molecule has 0 aliphatic heterocycles. The molecule has 1 N–H and O–H groups in total. The van der Waals surface area contributed by atoms with E-state index >= 15 is 0 Å². The molecule has 0 radical (unpaired) electrons. The Hall–Kier alpha value is -0.900. The van der Waals surface area contributed by atoms with Crippen molar-refractivity contribution < 1.29 is 0 Å². The molecule has 1 aromatic heterocycles. The Bertz CT molecular complexity index is 635. The molecule has 0 aliphatic carbocycles. The van der Waals surface area contributed by atoms with Crippen molar-refractivity contribution >= 4 is 35.4 Å². The Labute approximate surface area is 121 Å². The summed E-state index contributed by atoms with van der Waals surface area (Å²) in [5.41, 5.74) is 2.79. The van der Waals surface area contributed by atoms with E-state index < -0.39 is 0 Å². The zero-order valence-corrected chi connectivity index (χ0v) is 12.3. The molecule has 1 heterocycles. The molecular weight excluding hydrogens is 287 g/mol. The summed E-state index contributed by atoms with van der Waals surface area (Å²) in [4.78, 5) is 7.25. The lowest BCUT2D eigenvalue weighted by atomic mass is 9.99. The van der Waals surface area contributed by atoms with Crippen molar-refractivity contribution in [2.24, 2.45) is 0 Å². The van der Waals surface area contributed by atoms with Crippen LogP contribution in [-0.2, 0) is 0 Å². The van der Waals surface area contributed by atoms with E-state index in [2.05, 4.69) is 23.8 Å². The second kappa shape index (κ2) is 5.39. The summed E-state index contributed by atoms with van der Waals surface area (Å²) in [5, 5.41) is 1.21. The number of rotatable bonds is 2. The highest BCUT2D eigenvalue weighted by atomic mass is 35.5. The summed E-state index contributed by atoms with van der Waals surface area (Å²) in [6.07, 6.45) is 1.59. The number of aromatic nitrogens is 2. The maximum absolute atomic E-state index is 6.23. The second-order valence-electron chi connectivity index (χ2n) is 4.28. The fourth-order valence-electron chi connectivity index (χ4n) is 1.86. The number of halogens is 2. The molecule has 2 nitrogen and oxygen atoms in total. The zero-order chi connectivity index (χ0) is 13.3. The first-order valence-electron chi connectivity index (χ1n) is 5.53. The SMILES string of the molecule is CC(C)c1c(-c2ccc(Cl)cc2Cl)[nH]cnc1=S. The summed E-state index contributed by atoms with van der Waals surface area (Å²) in [6.45, 7) is 4.15. The number of hydrogen-bond donors (Lipinski definition) is 1. The van der Waals surface area contributed by atoms with E-state index in [4.69, 9.17) is 35.4 Å². The normalized spacial score (nSPS) is 10.9. The number of hydrogen-bond acceptors (Lipinski definition) is 2. The summed E-state index contributed by atoms with van der Waals surface area (Å²) in [6, 6.07) is 5.42. The second-order valence-corrected chi connectivity index (χ2v) is 5.51. The van der Waals surface area contributed by atoms with Crippen LogP contribution < -0.4 is 0 Å². The first-order valence-corrected chi connectivity index (χ1v) is 6.70. The molecular formula is C13H12Cl2N2S. The van der Waals surface area contributed by atoms with E-state index in [1.54, 1.807) is 12.4 Å². The fraction of sp³-hybridized carbons (Fsp3) is 0.231. The van der Waals surface area contributed by atoms with Crippen molar-refractivity contribution in [2.75, 3.05) is 0 Å². The van der Waals surface area contributed by atoms with Gasteiger partial charge in [-0.1, -0.05) is 49.3 Å². The van der Waals surface area contributed by atoms with Gasteiger partial charge in [0.05, 0.1) is 17.0 Å². The van der Waals surface area contributed by atoms with Crippen molar-refractivity contribution in [3.05, 3.63) is 44.8 Å². The van der Waals surface area contributed by atoms with Gasteiger partial charge in [0.25, 0.3) is 0 Å². The molecule has 0 atom stereocenters. The number of H-pyrrole nitrogens is 1. The summed E-state index contributed by atoms with van der Waals surface area (Å²) < 4.78 is 0.602. The van der Waals surface area contributed by atoms with Gasteiger partial charge in [-0.05, 0) is 24.1 Å². The summed E-state index contributed by atoms with van der Waals surface area (Å²) in [7, 11) is 0. The van der Waals surface area contributed by atoms with Crippen molar-refractivity contribution in [2.45, 2.75) is 19.8 Å². The molecule has 0 fully saturated rings. The molecule has 0 amide bonds. The van der Waals surface area contributed by atoms with Gasteiger partial charge in [0.2, 0.25) is 0 Å². The lowest BCUT2D eigenvalue weighted by Crippen LogP contribution is -1.99. The van der Waals surface area contributed by atoms with Crippen molar-refractivity contribution in [3.8, 4) is 11.3 Å². The van der Waals surface area contributed by atoms with E-state index in [1.165, 1.54) is 0 Å². The standard InChI is InChI=1S/C13H12Cl2N2S/c1-7(2)11-12(16-6-17-13(11)18)9-4-3-8(14)5-10(9)15/h3-7H,1-2H3,(H,16,17,18). The molecule has 0 aliphatic rings. The van der Waals surface area contributed by atoms with Crippen LogP contribution >= 0.6 is 35.4 Å². The minimum absolute atomic E-state index is 0.268. The first kappa shape index (κ1) is 13.5. The highest BCUT2D eigenvalue weighted by Gasteiger charge is 2.14. The number of nitrogens with one attached hydrogen (secondary N) is 1. The third-order valence-electron chi connectivity index (χ3n) is 2.67. The summed E-state index contributed by atoms with van der Waals surface area (Å²) >= 11 is 17.4. The number of aromatic amines is 1. The minimum Gasteiger partial charge on any atom is -0.345 e. The molecule has 2 rings (SSSR count). The van der Waals surface area contributed by atoms with Crippen LogP contribution in [0.5, 0.6) is 0 Å². The fourth-order valence-corrected chi connectivity index (χ4v) is 2.75. The third kappa shape index (κ3) is 2.58. The lowest BCUT2D eigenvalue weighted by molar-refractivity contribution is 0.844. The van der Waals surface area contributed by atoms with E-state index in [0.717, 1.165) is 16.8 Å². The Kier molecular flexibility index (Phi) is 4.05. The van der Waals surface area contributed by atoms with Gasteiger partial charge in [-0.2, -0.15) is 0 Å². The number of benzene rings is 1. The topological polar surface area (TPSA) is 28.7 Å². The first-order chi connectivity index (χ1) is 8.50. The van der Waals surface area contributed by atoms with Gasteiger partial charge in [-0.3, -0.25) is 0 Å². The highest BCUT2D eigenvalue weighted by molar-refractivity contribution is 7.71. The maximum atomic E-state index is 6.23. The highest BCUT2D eigenvalue weighted by Crippen LogP contribution is 2.33. The van der Waals surface area contributed by atoms with Gasteiger partial charge in [-0.15, -0.1) is 0 Å². The average molecular weight is 299 g/mol. The van der Waals surface area contributed by atoms with Crippen molar-refractivity contribution in [1.82, 2.24) is 9.97 Å². The molecule has 0 unspecified atom stereocenters. The van der Waals surface area contributed by atoms with Gasteiger partial charge in [0.15, 0.2) is 0 Å². The van der Waals surface area contributed by atoms with Crippen molar-refractivity contribution in [1.29, 1.82) is 0 Å². The van der Waals surface area contributed by atoms with E-state index in [0.29, 0.717) is 14.7 Å². The Morgan fingerprint density at radius 2 is 2.00 bits per heavy atom. The quantitative estimate of drug-likeness (QED) is 0.768. The lowest BCUT2D eigenvalue weighted by Gasteiger charge is -2.13. The van der Waals surface area contributed by atoms with Gasteiger partial charge < -0.3 is 4.98 Å². The van der Waals surface area contributed by atoms with Crippen LogP contribution in [-0.4, -0.2) is 9.97 Å². The molecule has 2 aromatic rings. The van der Waals surface area contributed by atoms with Crippen LogP contribution in [0.25, 0.3) is 11.3 Å². The molecule has 0 bridgehead atoms. The maximum Gasteiger partial charge on any atom is 0.133 e. The molecule has 18 heavy (non-hydrogen) atoms. The smallest absolute Gasteiger partial charge is 0.133 e. The van der Waals surface area contributed by atoms with Crippen LogP contribution in [0, 0.1) is 4.64 Å². The van der Waals surface area contributed by atoms with Gasteiger partial charge in [0, 0.05) is 16.1 Å². The molecule has 5 heteroatoms. The predicted octanol–water partition coefficient (Wildman–Crippen LogP) is 5.24. The largest absolute Gasteiger partial charge is 0.345 e. The molecule has 0 saturated carbocycles. The van der Waals surface area contributed by atoms with Crippen LogP contribution in [0.1, 0.15) is 25.3 Å². The van der Waals surface area contributed by atoms with E-state index in [-0.39, 0.29) is 5.92 Å². The zero-order valence-electron chi connectivity index (χ0n) is 10.00. The van der Waals surface area contributed by atoms with Crippen LogP contribution in [0.2, 0.25) is 10.0 Å².